The van der Waals surface area contributed by atoms with Crippen molar-refractivity contribution in [2.24, 2.45) is 5.73 Å². The Bertz CT molecular complexity index is 390. The predicted octanol–water partition coefficient (Wildman–Crippen LogP) is 1.71. The first-order chi connectivity index (χ1) is 8.45. The van der Waals surface area contributed by atoms with Gasteiger partial charge in [-0.15, -0.1) is 0 Å². The van der Waals surface area contributed by atoms with Crippen molar-refractivity contribution in [2.45, 2.75) is 25.8 Å². The number of carbonyl (C=O) groups excluding carboxylic acids is 1. The van der Waals surface area contributed by atoms with Crippen LogP contribution in [0.2, 0.25) is 0 Å². The standard InChI is InChI=1S/C13H20FN3O/c1-13(2,10-4-6-11(14)7-5-10)17-12(18)16-9-3-8-15/h4-7H,3,8-9,15H2,1-2H3,(H2,16,17,18). The largest absolute Gasteiger partial charge is 0.338 e. The van der Waals surface area contributed by atoms with E-state index in [0.717, 1.165) is 12.0 Å². The number of nitrogens with one attached hydrogen (secondary N) is 2. The van der Waals surface area contributed by atoms with Crippen LogP contribution in [0.1, 0.15) is 25.8 Å². The van der Waals surface area contributed by atoms with Gasteiger partial charge >= 0.3 is 6.03 Å². The van der Waals surface area contributed by atoms with E-state index in [9.17, 15) is 9.18 Å². The summed E-state index contributed by atoms with van der Waals surface area (Å²) in [7, 11) is 0. The van der Waals surface area contributed by atoms with E-state index in [1.54, 1.807) is 12.1 Å². The topological polar surface area (TPSA) is 67.2 Å². The van der Waals surface area contributed by atoms with Crippen LogP contribution in [0.4, 0.5) is 9.18 Å². The Morgan fingerprint density at radius 1 is 1.33 bits per heavy atom. The third kappa shape index (κ3) is 4.33. The van der Waals surface area contributed by atoms with Crippen molar-refractivity contribution in [2.75, 3.05) is 13.1 Å². The lowest BCUT2D eigenvalue weighted by Gasteiger charge is -2.27. The number of amides is 2. The van der Waals surface area contributed by atoms with E-state index >= 15 is 0 Å². The van der Waals surface area contributed by atoms with Gasteiger partial charge in [-0.25, -0.2) is 9.18 Å². The van der Waals surface area contributed by atoms with E-state index in [4.69, 9.17) is 5.73 Å². The highest BCUT2D eigenvalue weighted by Gasteiger charge is 2.22. The molecule has 0 aliphatic carbocycles. The maximum atomic E-state index is 12.8. The number of hydrogen-bond acceptors (Lipinski definition) is 2. The second-order valence-corrected chi connectivity index (χ2v) is 4.66. The molecule has 5 heteroatoms. The molecular formula is C13H20FN3O. The third-order valence-corrected chi connectivity index (χ3v) is 2.66. The van der Waals surface area contributed by atoms with Crippen molar-refractivity contribution in [3.63, 3.8) is 0 Å². The zero-order valence-corrected chi connectivity index (χ0v) is 10.8. The van der Waals surface area contributed by atoms with Crippen molar-refractivity contribution in [3.8, 4) is 0 Å². The molecule has 0 aromatic heterocycles. The molecule has 0 heterocycles. The SMILES string of the molecule is CC(C)(NC(=O)NCCCN)c1ccc(F)cc1. The summed E-state index contributed by atoms with van der Waals surface area (Å²) in [5.74, 6) is -0.290. The molecule has 4 nitrogen and oxygen atoms in total. The third-order valence-electron chi connectivity index (χ3n) is 2.66. The zero-order valence-electron chi connectivity index (χ0n) is 10.8. The van der Waals surface area contributed by atoms with Crippen LogP contribution in [-0.2, 0) is 5.54 Å². The van der Waals surface area contributed by atoms with Crippen molar-refractivity contribution in [3.05, 3.63) is 35.6 Å². The quantitative estimate of drug-likeness (QED) is 0.699. The highest BCUT2D eigenvalue weighted by atomic mass is 19.1. The molecule has 18 heavy (non-hydrogen) atoms. The fourth-order valence-electron chi connectivity index (χ4n) is 1.57. The van der Waals surface area contributed by atoms with Gasteiger partial charge in [0.1, 0.15) is 5.82 Å². The van der Waals surface area contributed by atoms with E-state index in [1.807, 2.05) is 13.8 Å². The van der Waals surface area contributed by atoms with Gasteiger partial charge in [-0.3, -0.25) is 0 Å². The average molecular weight is 253 g/mol. The van der Waals surface area contributed by atoms with Crippen LogP contribution in [0.3, 0.4) is 0 Å². The fourth-order valence-corrected chi connectivity index (χ4v) is 1.57. The summed E-state index contributed by atoms with van der Waals surface area (Å²) in [6, 6.07) is 5.83. The molecule has 0 bridgehead atoms. The van der Waals surface area contributed by atoms with E-state index in [2.05, 4.69) is 10.6 Å². The summed E-state index contributed by atoms with van der Waals surface area (Å²) < 4.78 is 12.8. The Kier molecular flexibility index (Phi) is 5.09. The molecule has 0 radical (unpaired) electrons. The molecule has 0 saturated heterocycles. The molecule has 1 aromatic carbocycles. The van der Waals surface area contributed by atoms with E-state index in [0.29, 0.717) is 13.1 Å². The number of carbonyl (C=O) groups is 1. The van der Waals surface area contributed by atoms with Gasteiger partial charge < -0.3 is 16.4 Å². The summed E-state index contributed by atoms with van der Waals surface area (Å²) in [6.07, 6.45) is 0.740. The van der Waals surface area contributed by atoms with Gasteiger partial charge in [-0.05, 0) is 44.5 Å². The monoisotopic (exact) mass is 253 g/mol. The average Bonchev–Trinajstić information content (AvgIpc) is 2.29. The Hall–Kier alpha value is -1.62. The maximum absolute atomic E-state index is 12.8. The molecule has 1 rings (SSSR count). The smallest absolute Gasteiger partial charge is 0.315 e. The van der Waals surface area contributed by atoms with E-state index in [-0.39, 0.29) is 11.8 Å². The molecule has 0 atom stereocenters. The lowest BCUT2D eigenvalue weighted by Crippen LogP contribution is -2.46. The molecule has 0 saturated carbocycles. The van der Waals surface area contributed by atoms with E-state index < -0.39 is 5.54 Å². The van der Waals surface area contributed by atoms with Gasteiger partial charge in [0.2, 0.25) is 0 Å². The normalized spacial score (nSPS) is 11.1. The number of halogens is 1. The maximum Gasteiger partial charge on any atom is 0.315 e. The summed E-state index contributed by atoms with van der Waals surface area (Å²) >= 11 is 0. The minimum atomic E-state index is -0.555. The Balaban J connectivity index is 2.58. The van der Waals surface area contributed by atoms with Crippen LogP contribution in [-0.4, -0.2) is 19.1 Å². The van der Waals surface area contributed by atoms with E-state index in [1.165, 1.54) is 12.1 Å². The minimum absolute atomic E-state index is 0.252. The molecule has 0 aliphatic rings. The van der Waals surface area contributed by atoms with Crippen LogP contribution in [0.5, 0.6) is 0 Å². The molecule has 0 aliphatic heterocycles. The second-order valence-electron chi connectivity index (χ2n) is 4.66. The summed E-state index contributed by atoms with van der Waals surface area (Å²) in [4.78, 5) is 11.6. The first-order valence-corrected chi connectivity index (χ1v) is 5.98. The van der Waals surface area contributed by atoms with Gasteiger partial charge in [-0.2, -0.15) is 0 Å². The number of hydrogen-bond donors (Lipinski definition) is 3. The Morgan fingerprint density at radius 3 is 2.50 bits per heavy atom. The summed E-state index contributed by atoms with van der Waals surface area (Å²) in [5, 5.41) is 5.55. The Labute approximate surface area is 107 Å². The molecule has 0 spiro atoms. The predicted molar refractivity (Wildman–Crippen MR) is 69.6 cm³/mol. The highest BCUT2D eigenvalue weighted by molar-refractivity contribution is 5.74. The van der Waals surface area contributed by atoms with Gasteiger partial charge in [-0.1, -0.05) is 12.1 Å². The second kappa shape index (κ2) is 6.35. The number of nitrogens with two attached hydrogens (primary N) is 1. The highest BCUT2D eigenvalue weighted by Crippen LogP contribution is 2.19. The van der Waals surface area contributed by atoms with Gasteiger partial charge in [0.15, 0.2) is 0 Å². The molecule has 1 aromatic rings. The van der Waals surface area contributed by atoms with Crippen LogP contribution >= 0.6 is 0 Å². The van der Waals surface area contributed by atoms with Crippen LogP contribution in [0.25, 0.3) is 0 Å². The summed E-state index contributed by atoms with van der Waals surface area (Å²) in [6.45, 7) is 4.81. The first-order valence-electron chi connectivity index (χ1n) is 5.98. The number of rotatable bonds is 5. The molecule has 2 amide bonds. The van der Waals surface area contributed by atoms with Gasteiger partial charge in [0.25, 0.3) is 0 Å². The first kappa shape index (κ1) is 14.4. The minimum Gasteiger partial charge on any atom is -0.338 e. The van der Waals surface area contributed by atoms with Crippen molar-refractivity contribution < 1.29 is 9.18 Å². The molecule has 0 fully saturated rings. The molecular weight excluding hydrogens is 233 g/mol. The fraction of sp³-hybridized carbons (Fsp3) is 0.462. The lowest BCUT2D eigenvalue weighted by atomic mass is 9.94. The van der Waals surface area contributed by atoms with Crippen molar-refractivity contribution in [1.82, 2.24) is 10.6 Å². The van der Waals surface area contributed by atoms with Crippen LogP contribution in [0.15, 0.2) is 24.3 Å². The zero-order chi connectivity index (χ0) is 13.6. The van der Waals surface area contributed by atoms with Crippen LogP contribution in [0, 0.1) is 5.82 Å². The molecule has 100 valence electrons. The van der Waals surface area contributed by atoms with Crippen molar-refractivity contribution >= 4 is 6.03 Å². The number of benzene rings is 1. The lowest BCUT2D eigenvalue weighted by molar-refractivity contribution is 0.230. The van der Waals surface area contributed by atoms with Crippen molar-refractivity contribution in [1.29, 1.82) is 0 Å². The Morgan fingerprint density at radius 2 is 1.94 bits per heavy atom. The van der Waals surface area contributed by atoms with Gasteiger partial charge in [0.05, 0.1) is 5.54 Å². The van der Waals surface area contributed by atoms with Crippen LogP contribution < -0.4 is 16.4 Å². The molecule has 0 unspecified atom stereocenters. The van der Waals surface area contributed by atoms with Gasteiger partial charge in [0, 0.05) is 6.54 Å². The molecule has 4 N–H and O–H groups in total. The number of urea groups is 1. The summed E-state index contributed by atoms with van der Waals surface area (Å²) in [5.41, 5.74) is 5.63.